The molecule has 4 heteroatoms. The molecule has 2 heterocycles. The summed E-state index contributed by atoms with van der Waals surface area (Å²) in [6.07, 6.45) is 4.21. The van der Waals surface area contributed by atoms with Gasteiger partial charge < -0.3 is 14.5 Å². The van der Waals surface area contributed by atoms with Crippen LogP contribution < -0.4 is 5.32 Å². The molecule has 0 unspecified atom stereocenters. The summed E-state index contributed by atoms with van der Waals surface area (Å²) in [5.41, 5.74) is 3.36. The maximum atomic E-state index is 5.46. The number of nitrogens with zero attached hydrogens (tertiary/aromatic N) is 2. The summed E-state index contributed by atoms with van der Waals surface area (Å²) >= 11 is 0. The second kappa shape index (κ2) is 7.26. The molecule has 0 aliphatic carbocycles. The largest absolute Gasteiger partial charge is 0.381 e. The van der Waals surface area contributed by atoms with Crippen molar-refractivity contribution in [3.8, 4) is 0 Å². The second-order valence-electron chi connectivity index (χ2n) is 4.72. The Kier molecular flexibility index (Phi) is 5.36. The highest BCUT2D eigenvalue weighted by Crippen LogP contribution is 2.11. The molecule has 2 aromatic heterocycles. The van der Waals surface area contributed by atoms with E-state index in [9.17, 15) is 0 Å². The van der Waals surface area contributed by atoms with Crippen molar-refractivity contribution in [2.24, 2.45) is 0 Å². The average Bonchev–Trinajstić information content (AvgIpc) is 2.74. The molecule has 2 aromatic rings. The van der Waals surface area contributed by atoms with E-state index >= 15 is 0 Å². The van der Waals surface area contributed by atoms with Crippen molar-refractivity contribution < 1.29 is 4.74 Å². The molecule has 0 saturated heterocycles. The highest BCUT2D eigenvalue weighted by Gasteiger charge is 2.06. The Morgan fingerprint density at radius 1 is 1.32 bits per heavy atom. The minimum Gasteiger partial charge on any atom is -0.381 e. The summed E-state index contributed by atoms with van der Waals surface area (Å²) in [4.78, 5) is 4.55. The molecule has 0 aliphatic rings. The molecule has 0 aromatic carbocycles. The van der Waals surface area contributed by atoms with Crippen LogP contribution in [0.2, 0.25) is 0 Å². The smallest absolute Gasteiger partial charge is 0.137 e. The zero-order valence-electron chi connectivity index (χ0n) is 11.9. The number of fused-ring (bicyclic) bond motifs is 1. The monoisotopic (exact) mass is 261 g/mol. The van der Waals surface area contributed by atoms with Gasteiger partial charge in [0.25, 0.3) is 0 Å². The third kappa shape index (κ3) is 3.78. The summed E-state index contributed by atoms with van der Waals surface area (Å²) < 4.78 is 7.61. The van der Waals surface area contributed by atoms with Gasteiger partial charge in [-0.3, -0.25) is 0 Å². The van der Waals surface area contributed by atoms with E-state index < -0.39 is 0 Å². The number of aryl methyl sites for hydroxylation is 1. The summed E-state index contributed by atoms with van der Waals surface area (Å²) in [5.74, 6) is 0. The van der Waals surface area contributed by atoms with Crippen LogP contribution in [0.5, 0.6) is 0 Å². The van der Waals surface area contributed by atoms with Gasteiger partial charge >= 0.3 is 0 Å². The molecule has 2 rings (SSSR count). The number of hydrogen-bond acceptors (Lipinski definition) is 3. The summed E-state index contributed by atoms with van der Waals surface area (Å²) in [5, 5.41) is 3.46. The highest BCUT2D eigenvalue weighted by molar-refractivity contribution is 5.42. The molecule has 19 heavy (non-hydrogen) atoms. The summed E-state index contributed by atoms with van der Waals surface area (Å²) in [6, 6.07) is 6.09. The highest BCUT2D eigenvalue weighted by atomic mass is 16.5. The number of rotatable bonds is 8. The van der Waals surface area contributed by atoms with E-state index in [0.717, 1.165) is 50.5 Å². The molecular formula is C15H23N3O. The average molecular weight is 261 g/mol. The van der Waals surface area contributed by atoms with Crippen LogP contribution in [0.25, 0.3) is 5.65 Å². The molecular weight excluding hydrogens is 238 g/mol. The number of pyridine rings is 1. The van der Waals surface area contributed by atoms with Crippen LogP contribution in [0.4, 0.5) is 0 Å². The van der Waals surface area contributed by atoms with E-state index in [4.69, 9.17) is 4.74 Å². The van der Waals surface area contributed by atoms with E-state index in [0.29, 0.717) is 0 Å². The number of imidazole rings is 1. The van der Waals surface area contributed by atoms with Gasteiger partial charge in [-0.05, 0) is 38.4 Å². The molecule has 104 valence electrons. The van der Waals surface area contributed by atoms with Crippen molar-refractivity contribution in [3.05, 3.63) is 35.8 Å². The second-order valence-corrected chi connectivity index (χ2v) is 4.72. The van der Waals surface area contributed by atoms with Crippen molar-refractivity contribution in [3.63, 3.8) is 0 Å². The van der Waals surface area contributed by atoms with Crippen LogP contribution in [-0.2, 0) is 11.3 Å². The Morgan fingerprint density at radius 3 is 3.05 bits per heavy atom. The third-order valence-corrected chi connectivity index (χ3v) is 3.11. The zero-order valence-corrected chi connectivity index (χ0v) is 11.9. The minimum absolute atomic E-state index is 0.840. The molecule has 0 saturated carbocycles. The number of hydrogen-bond donors (Lipinski definition) is 1. The standard InChI is InChI=1S/C15H23N3O/c1-3-10-19-11-6-8-16-12-14-13(2)17-15-7-4-5-9-18(14)15/h4-5,7,9,16H,3,6,8,10-12H2,1-2H3. The summed E-state index contributed by atoms with van der Waals surface area (Å²) in [7, 11) is 0. The quantitative estimate of drug-likeness (QED) is 0.742. The fraction of sp³-hybridized carbons (Fsp3) is 0.533. The Hall–Kier alpha value is -1.39. The number of aromatic nitrogens is 2. The normalized spacial score (nSPS) is 11.3. The van der Waals surface area contributed by atoms with Gasteiger partial charge in [-0.1, -0.05) is 13.0 Å². The van der Waals surface area contributed by atoms with Gasteiger partial charge in [-0.2, -0.15) is 0 Å². The topological polar surface area (TPSA) is 38.6 Å². The first-order valence-corrected chi connectivity index (χ1v) is 7.04. The Balaban J connectivity index is 1.80. The first-order valence-electron chi connectivity index (χ1n) is 7.04. The van der Waals surface area contributed by atoms with Crippen LogP contribution in [0, 0.1) is 6.92 Å². The predicted molar refractivity (Wildman–Crippen MR) is 77.4 cm³/mol. The van der Waals surface area contributed by atoms with Gasteiger partial charge in [0, 0.05) is 26.0 Å². The van der Waals surface area contributed by atoms with Crippen molar-refractivity contribution >= 4 is 5.65 Å². The molecule has 1 N–H and O–H groups in total. The lowest BCUT2D eigenvalue weighted by molar-refractivity contribution is 0.132. The van der Waals surface area contributed by atoms with Crippen molar-refractivity contribution in [2.45, 2.75) is 33.2 Å². The van der Waals surface area contributed by atoms with Gasteiger partial charge in [-0.15, -0.1) is 0 Å². The molecule has 0 aliphatic heterocycles. The molecule has 4 nitrogen and oxygen atoms in total. The Bertz CT molecular complexity index is 507. The fourth-order valence-corrected chi connectivity index (χ4v) is 2.13. The molecule has 0 atom stereocenters. The minimum atomic E-state index is 0.840. The molecule has 0 fully saturated rings. The maximum Gasteiger partial charge on any atom is 0.137 e. The van der Waals surface area contributed by atoms with E-state index in [2.05, 4.69) is 34.7 Å². The summed E-state index contributed by atoms with van der Waals surface area (Å²) in [6.45, 7) is 7.73. The van der Waals surface area contributed by atoms with Crippen molar-refractivity contribution in [2.75, 3.05) is 19.8 Å². The molecule has 0 bridgehead atoms. The van der Waals surface area contributed by atoms with Crippen LogP contribution in [0.1, 0.15) is 31.2 Å². The van der Waals surface area contributed by atoms with Crippen LogP contribution in [-0.4, -0.2) is 29.1 Å². The lowest BCUT2D eigenvalue weighted by atomic mass is 10.3. The Labute approximate surface area is 114 Å². The fourth-order valence-electron chi connectivity index (χ4n) is 2.13. The van der Waals surface area contributed by atoms with E-state index in [1.165, 1.54) is 5.69 Å². The molecule has 0 spiro atoms. The van der Waals surface area contributed by atoms with Gasteiger partial charge in [0.2, 0.25) is 0 Å². The van der Waals surface area contributed by atoms with E-state index in [1.807, 2.05) is 18.2 Å². The maximum absolute atomic E-state index is 5.46. The van der Waals surface area contributed by atoms with Gasteiger partial charge in [0.15, 0.2) is 0 Å². The number of ether oxygens (including phenoxy) is 1. The van der Waals surface area contributed by atoms with E-state index in [-0.39, 0.29) is 0 Å². The Morgan fingerprint density at radius 2 is 2.21 bits per heavy atom. The molecule has 0 amide bonds. The SMILES string of the molecule is CCCOCCCNCc1c(C)nc2ccccn12. The molecule has 0 radical (unpaired) electrons. The first kappa shape index (κ1) is 14.0. The van der Waals surface area contributed by atoms with Crippen LogP contribution in [0.3, 0.4) is 0 Å². The van der Waals surface area contributed by atoms with Gasteiger partial charge in [0.05, 0.1) is 11.4 Å². The third-order valence-electron chi connectivity index (χ3n) is 3.11. The first-order chi connectivity index (χ1) is 9.33. The van der Waals surface area contributed by atoms with Crippen molar-refractivity contribution in [1.82, 2.24) is 14.7 Å². The van der Waals surface area contributed by atoms with Crippen molar-refractivity contribution in [1.29, 1.82) is 0 Å². The van der Waals surface area contributed by atoms with Gasteiger partial charge in [-0.25, -0.2) is 4.98 Å². The lowest BCUT2D eigenvalue weighted by Crippen LogP contribution is -2.18. The van der Waals surface area contributed by atoms with Gasteiger partial charge in [0.1, 0.15) is 5.65 Å². The lowest BCUT2D eigenvalue weighted by Gasteiger charge is -2.06. The van der Waals surface area contributed by atoms with Crippen LogP contribution in [0.15, 0.2) is 24.4 Å². The van der Waals surface area contributed by atoms with E-state index in [1.54, 1.807) is 0 Å². The predicted octanol–water partition coefficient (Wildman–Crippen LogP) is 2.55. The zero-order chi connectivity index (χ0) is 13.5. The van der Waals surface area contributed by atoms with Crippen LogP contribution >= 0.6 is 0 Å². The number of nitrogens with one attached hydrogen (secondary N) is 1.